The SMILES string of the molecule is O=C(NCCc1cc(CO)c(O)c(CO)c1)N1CCOCC1. The molecule has 0 aromatic heterocycles. The maximum atomic E-state index is 11.9. The quantitative estimate of drug-likeness (QED) is 0.611. The summed E-state index contributed by atoms with van der Waals surface area (Å²) in [6.45, 7) is 2.15. The van der Waals surface area contributed by atoms with Crippen molar-refractivity contribution >= 4 is 6.03 Å². The van der Waals surface area contributed by atoms with E-state index in [-0.39, 0.29) is 25.0 Å². The van der Waals surface area contributed by atoms with Crippen molar-refractivity contribution in [3.05, 3.63) is 28.8 Å². The lowest BCUT2D eigenvalue weighted by atomic mass is 10.0. The van der Waals surface area contributed by atoms with Crippen molar-refractivity contribution in [2.45, 2.75) is 19.6 Å². The van der Waals surface area contributed by atoms with Crippen LogP contribution in [0.1, 0.15) is 16.7 Å². The first-order chi connectivity index (χ1) is 10.7. The largest absolute Gasteiger partial charge is 0.507 e. The van der Waals surface area contributed by atoms with E-state index in [2.05, 4.69) is 5.32 Å². The highest BCUT2D eigenvalue weighted by atomic mass is 16.5. The fraction of sp³-hybridized carbons (Fsp3) is 0.533. The number of nitrogens with one attached hydrogen (secondary N) is 1. The average Bonchev–Trinajstić information content (AvgIpc) is 2.56. The highest BCUT2D eigenvalue weighted by molar-refractivity contribution is 5.74. The normalized spacial score (nSPS) is 14.9. The molecule has 0 aliphatic carbocycles. The molecular formula is C15H22N2O5. The van der Waals surface area contributed by atoms with Gasteiger partial charge < -0.3 is 30.3 Å². The summed E-state index contributed by atoms with van der Waals surface area (Å²) in [6.07, 6.45) is 0.552. The van der Waals surface area contributed by atoms with E-state index in [4.69, 9.17) is 4.74 Å². The molecule has 0 radical (unpaired) electrons. The Kier molecular flexibility index (Phi) is 6.00. The van der Waals surface area contributed by atoms with Gasteiger partial charge in [-0.15, -0.1) is 0 Å². The molecule has 1 fully saturated rings. The summed E-state index contributed by atoms with van der Waals surface area (Å²) in [5.41, 5.74) is 1.59. The first-order valence-corrected chi connectivity index (χ1v) is 7.31. The third-order valence-electron chi connectivity index (χ3n) is 3.66. The Hall–Kier alpha value is -1.83. The van der Waals surface area contributed by atoms with Crippen molar-refractivity contribution < 1.29 is 24.9 Å². The van der Waals surface area contributed by atoms with Crippen LogP contribution in [0.15, 0.2) is 12.1 Å². The number of nitrogens with zero attached hydrogens (tertiary/aromatic N) is 1. The van der Waals surface area contributed by atoms with Crippen LogP contribution in [-0.4, -0.2) is 59.1 Å². The van der Waals surface area contributed by atoms with E-state index in [1.807, 2.05) is 0 Å². The van der Waals surface area contributed by atoms with Crippen LogP contribution in [0.4, 0.5) is 4.79 Å². The number of aromatic hydroxyl groups is 1. The minimum atomic E-state index is -0.299. The number of benzene rings is 1. The van der Waals surface area contributed by atoms with E-state index in [1.165, 1.54) is 0 Å². The molecule has 7 nitrogen and oxygen atoms in total. The average molecular weight is 310 g/mol. The molecule has 0 atom stereocenters. The van der Waals surface area contributed by atoms with E-state index in [0.717, 1.165) is 5.56 Å². The van der Waals surface area contributed by atoms with Gasteiger partial charge >= 0.3 is 6.03 Å². The van der Waals surface area contributed by atoms with Gasteiger partial charge in [-0.25, -0.2) is 4.79 Å². The first-order valence-electron chi connectivity index (χ1n) is 7.31. The number of urea groups is 1. The molecule has 1 saturated heterocycles. The Balaban J connectivity index is 1.89. The van der Waals surface area contributed by atoms with Gasteiger partial charge in [0.2, 0.25) is 0 Å². The van der Waals surface area contributed by atoms with Crippen LogP contribution in [0.2, 0.25) is 0 Å². The molecule has 0 saturated carbocycles. The maximum Gasteiger partial charge on any atom is 0.317 e. The van der Waals surface area contributed by atoms with Crippen molar-refractivity contribution in [3.63, 3.8) is 0 Å². The third-order valence-corrected chi connectivity index (χ3v) is 3.66. The van der Waals surface area contributed by atoms with Gasteiger partial charge in [0.15, 0.2) is 0 Å². The van der Waals surface area contributed by atoms with E-state index < -0.39 is 0 Å². The minimum Gasteiger partial charge on any atom is -0.507 e. The predicted octanol–water partition coefficient (Wildman–Crippen LogP) is -0.0389. The van der Waals surface area contributed by atoms with E-state index >= 15 is 0 Å². The lowest BCUT2D eigenvalue weighted by molar-refractivity contribution is 0.0533. The van der Waals surface area contributed by atoms with Gasteiger partial charge in [0, 0.05) is 30.8 Å². The van der Waals surface area contributed by atoms with Gasteiger partial charge in [-0.1, -0.05) is 0 Å². The first kappa shape index (κ1) is 16.5. The monoisotopic (exact) mass is 310 g/mol. The number of hydrogen-bond donors (Lipinski definition) is 4. The van der Waals surface area contributed by atoms with Gasteiger partial charge in [0.1, 0.15) is 5.75 Å². The summed E-state index contributed by atoms with van der Waals surface area (Å²) < 4.78 is 5.19. The standard InChI is InChI=1S/C15H22N2O5/c18-9-12-7-11(8-13(10-19)14(12)20)1-2-16-15(21)17-3-5-22-6-4-17/h7-8,18-20H,1-6,9-10H2,(H,16,21). The fourth-order valence-electron chi connectivity index (χ4n) is 2.41. The molecule has 1 aromatic rings. The molecule has 1 aliphatic rings. The van der Waals surface area contributed by atoms with Crippen LogP contribution in [0, 0.1) is 0 Å². The van der Waals surface area contributed by atoms with Crippen LogP contribution in [0.3, 0.4) is 0 Å². The molecule has 22 heavy (non-hydrogen) atoms. The second kappa shape index (κ2) is 7.98. The molecule has 2 rings (SSSR count). The molecule has 4 N–H and O–H groups in total. The van der Waals surface area contributed by atoms with Crippen LogP contribution in [0.5, 0.6) is 5.75 Å². The van der Waals surface area contributed by atoms with E-state index in [0.29, 0.717) is 50.4 Å². The molecule has 0 unspecified atom stereocenters. The Labute approximate surface area is 129 Å². The number of phenols is 1. The molecule has 1 aliphatic heterocycles. The van der Waals surface area contributed by atoms with Crippen molar-refractivity contribution in [3.8, 4) is 5.75 Å². The Morgan fingerprint density at radius 1 is 1.18 bits per heavy atom. The highest BCUT2D eigenvalue weighted by Crippen LogP contribution is 2.25. The number of aliphatic hydroxyl groups excluding tert-OH is 2. The second-order valence-electron chi connectivity index (χ2n) is 5.16. The van der Waals surface area contributed by atoms with Gasteiger partial charge in [0.25, 0.3) is 0 Å². The third kappa shape index (κ3) is 4.09. The van der Waals surface area contributed by atoms with Crippen molar-refractivity contribution in [2.75, 3.05) is 32.8 Å². The van der Waals surface area contributed by atoms with Gasteiger partial charge in [-0.2, -0.15) is 0 Å². The smallest absolute Gasteiger partial charge is 0.317 e. The summed E-state index contributed by atoms with van der Waals surface area (Å²) in [5.74, 6) is -0.0777. The molecule has 7 heteroatoms. The lowest BCUT2D eigenvalue weighted by Crippen LogP contribution is -2.46. The fourth-order valence-corrected chi connectivity index (χ4v) is 2.41. The zero-order valence-corrected chi connectivity index (χ0v) is 12.4. The van der Waals surface area contributed by atoms with Crippen molar-refractivity contribution in [2.24, 2.45) is 0 Å². The lowest BCUT2D eigenvalue weighted by Gasteiger charge is -2.26. The summed E-state index contributed by atoms with van der Waals surface area (Å²) >= 11 is 0. The predicted molar refractivity (Wildman–Crippen MR) is 79.4 cm³/mol. The zero-order chi connectivity index (χ0) is 15.9. The second-order valence-corrected chi connectivity index (χ2v) is 5.16. The highest BCUT2D eigenvalue weighted by Gasteiger charge is 2.16. The number of morpholine rings is 1. The number of hydrogen-bond acceptors (Lipinski definition) is 5. The molecule has 0 spiro atoms. The van der Waals surface area contributed by atoms with Gasteiger partial charge in [-0.3, -0.25) is 0 Å². The number of rotatable bonds is 5. The number of carbonyl (C=O) groups excluding carboxylic acids is 1. The Morgan fingerprint density at radius 3 is 2.32 bits per heavy atom. The molecule has 122 valence electrons. The number of aliphatic hydroxyl groups is 2. The summed E-state index contributed by atoms with van der Waals surface area (Å²) in [7, 11) is 0. The van der Waals surface area contributed by atoms with Gasteiger partial charge in [-0.05, 0) is 24.1 Å². The number of carbonyl (C=O) groups is 1. The van der Waals surface area contributed by atoms with E-state index in [1.54, 1.807) is 17.0 Å². The van der Waals surface area contributed by atoms with Crippen LogP contribution in [-0.2, 0) is 24.4 Å². The van der Waals surface area contributed by atoms with E-state index in [9.17, 15) is 20.1 Å². The molecule has 1 heterocycles. The molecule has 1 aromatic carbocycles. The number of ether oxygens (including phenoxy) is 1. The summed E-state index contributed by atoms with van der Waals surface area (Å²) in [5, 5.41) is 31.1. The summed E-state index contributed by atoms with van der Waals surface area (Å²) in [6, 6.07) is 3.23. The molecule has 0 bridgehead atoms. The van der Waals surface area contributed by atoms with Crippen molar-refractivity contribution in [1.82, 2.24) is 10.2 Å². The molecular weight excluding hydrogens is 288 g/mol. The zero-order valence-electron chi connectivity index (χ0n) is 12.4. The molecule has 2 amide bonds. The Bertz CT molecular complexity index is 490. The maximum absolute atomic E-state index is 11.9. The van der Waals surface area contributed by atoms with Crippen LogP contribution in [0.25, 0.3) is 0 Å². The van der Waals surface area contributed by atoms with Crippen LogP contribution >= 0.6 is 0 Å². The van der Waals surface area contributed by atoms with Crippen LogP contribution < -0.4 is 5.32 Å². The number of amides is 2. The Morgan fingerprint density at radius 2 is 1.77 bits per heavy atom. The minimum absolute atomic E-state index is 0.0777. The van der Waals surface area contributed by atoms with Crippen molar-refractivity contribution in [1.29, 1.82) is 0 Å². The topological polar surface area (TPSA) is 102 Å². The van der Waals surface area contributed by atoms with Gasteiger partial charge in [0.05, 0.1) is 26.4 Å². The summed E-state index contributed by atoms with van der Waals surface area (Å²) in [4.78, 5) is 13.6.